The Bertz CT molecular complexity index is 422. The van der Waals surface area contributed by atoms with Crippen molar-refractivity contribution in [1.29, 1.82) is 0 Å². The SMILES string of the molecule is CCCC(C)(N)C(=O)N1CCN(C(=O)CCC2CCCCC2)CC1. The minimum atomic E-state index is -0.776. The lowest BCUT2D eigenvalue weighted by atomic mass is 9.86. The Morgan fingerprint density at radius 1 is 1.04 bits per heavy atom. The first-order valence-corrected chi connectivity index (χ1v) is 9.80. The molecule has 2 fully saturated rings. The maximum absolute atomic E-state index is 12.5. The summed E-state index contributed by atoms with van der Waals surface area (Å²) in [5.74, 6) is 1.04. The summed E-state index contributed by atoms with van der Waals surface area (Å²) < 4.78 is 0. The molecule has 1 atom stereocenters. The average Bonchev–Trinajstić information content (AvgIpc) is 2.60. The molecule has 1 saturated carbocycles. The molecule has 5 nitrogen and oxygen atoms in total. The highest BCUT2D eigenvalue weighted by Gasteiger charge is 2.34. The maximum Gasteiger partial charge on any atom is 0.242 e. The van der Waals surface area contributed by atoms with Crippen LogP contribution in [0.15, 0.2) is 0 Å². The van der Waals surface area contributed by atoms with Crippen molar-refractivity contribution in [1.82, 2.24) is 9.80 Å². The van der Waals surface area contributed by atoms with Crippen molar-refractivity contribution >= 4 is 11.8 Å². The van der Waals surface area contributed by atoms with E-state index in [4.69, 9.17) is 5.73 Å². The van der Waals surface area contributed by atoms with Gasteiger partial charge in [0.1, 0.15) is 0 Å². The fourth-order valence-electron chi connectivity index (χ4n) is 4.11. The van der Waals surface area contributed by atoms with Crippen molar-refractivity contribution in [2.45, 2.75) is 77.2 Å². The topological polar surface area (TPSA) is 66.6 Å². The Kier molecular flexibility index (Phi) is 7.08. The smallest absolute Gasteiger partial charge is 0.242 e. The van der Waals surface area contributed by atoms with E-state index in [2.05, 4.69) is 0 Å². The van der Waals surface area contributed by atoms with Gasteiger partial charge < -0.3 is 15.5 Å². The number of carbonyl (C=O) groups is 2. The molecule has 0 aromatic carbocycles. The number of rotatable bonds is 6. The third-order valence-corrected chi connectivity index (χ3v) is 5.67. The predicted octanol–water partition coefficient (Wildman–Crippen LogP) is 2.54. The van der Waals surface area contributed by atoms with E-state index in [0.29, 0.717) is 39.0 Å². The van der Waals surface area contributed by atoms with Gasteiger partial charge in [-0.15, -0.1) is 0 Å². The minimum absolute atomic E-state index is 0.0265. The number of nitrogens with two attached hydrogens (primary N) is 1. The molecule has 0 bridgehead atoms. The van der Waals surface area contributed by atoms with E-state index in [-0.39, 0.29) is 11.8 Å². The van der Waals surface area contributed by atoms with Gasteiger partial charge in [0.15, 0.2) is 0 Å². The summed E-state index contributed by atoms with van der Waals surface area (Å²) in [6.45, 7) is 6.39. The number of hydrogen-bond donors (Lipinski definition) is 1. The van der Waals surface area contributed by atoms with Crippen molar-refractivity contribution < 1.29 is 9.59 Å². The zero-order chi connectivity index (χ0) is 17.6. The summed E-state index contributed by atoms with van der Waals surface area (Å²) in [7, 11) is 0. The monoisotopic (exact) mass is 337 g/mol. The molecule has 0 radical (unpaired) electrons. The van der Waals surface area contributed by atoms with Crippen molar-refractivity contribution in [3.63, 3.8) is 0 Å². The second-order valence-corrected chi connectivity index (χ2v) is 7.88. The van der Waals surface area contributed by atoms with Crippen LogP contribution >= 0.6 is 0 Å². The minimum Gasteiger partial charge on any atom is -0.339 e. The quantitative estimate of drug-likeness (QED) is 0.810. The van der Waals surface area contributed by atoms with Gasteiger partial charge in [0.2, 0.25) is 11.8 Å². The fourth-order valence-corrected chi connectivity index (χ4v) is 4.11. The molecule has 1 unspecified atom stereocenters. The van der Waals surface area contributed by atoms with Gasteiger partial charge in [-0.3, -0.25) is 9.59 Å². The first-order chi connectivity index (χ1) is 11.4. The molecule has 1 aliphatic heterocycles. The lowest BCUT2D eigenvalue weighted by Gasteiger charge is -2.38. The highest BCUT2D eigenvalue weighted by molar-refractivity contribution is 5.86. The van der Waals surface area contributed by atoms with E-state index < -0.39 is 5.54 Å². The molecule has 2 rings (SSSR count). The highest BCUT2D eigenvalue weighted by atomic mass is 16.2. The third-order valence-electron chi connectivity index (χ3n) is 5.67. The van der Waals surface area contributed by atoms with Crippen molar-refractivity contribution in [3.05, 3.63) is 0 Å². The van der Waals surface area contributed by atoms with E-state index in [1.54, 1.807) is 0 Å². The van der Waals surface area contributed by atoms with Crippen molar-refractivity contribution in [2.24, 2.45) is 11.7 Å². The van der Waals surface area contributed by atoms with Crippen LogP contribution in [0.5, 0.6) is 0 Å². The van der Waals surface area contributed by atoms with Crippen LogP contribution in [0.4, 0.5) is 0 Å². The number of amides is 2. The lowest BCUT2D eigenvalue weighted by Crippen LogP contribution is -2.58. The van der Waals surface area contributed by atoms with Crippen LogP contribution in [0.1, 0.15) is 71.6 Å². The molecule has 0 aromatic heterocycles. The zero-order valence-corrected chi connectivity index (χ0v) is 15.6. The van der Waals surface area contributed by atoms with Crippen LogP contribution in [0, 0.1) is 5.92 Å². The van der Waals surface area contributed by atoms with Gasteiger partial charge in [0, 0.05) is 32.6 Å². The molecule has 2 N–H and O–H groups in total. The second kappa shape index (κ2) is 8.84. The molecule has 5 heteroatoms. The van der Waals surface area contributed by atoms with Crippen LogP contribution in [0.2, 0.25) is 0 Å². The fraction of sp³-hybridized carbons (Fsp3) is 0.895. The third kappa shape index (κ3) is 5.20. The Labute approximate surface area is 146 Å². The van der Waals surface area contributed by atoms with Gasteiger partial charge >= 0.3 is 0 Å². The Morgan fingerprint density at radius 2 is 1.62 bits per heavy atom. The number of nitrogens with zero attached hydrogens (tertiary/aromatic N) is 2. The summed E-state index contributed by atoms with van der Waals surface area (Å²) >= 11 is 0. The van der Waals surface area contributed by atoms with Crippen LogP contribution in [0.3, 0.4) is 0 Å². The molecule has 1 aliphatic carbocycles. The van der Waals surface area contributed by atoms with Crippen LogP contribution < -0.4 is 5.73 Å². The summed E-state index contributed by atoms with van der Waals surface area (Å²) in [5.41, 5.74) is 5.38. The predicted molar refractivity (Wildman–Crippen MR) is 96.5 cm³/mol. The number of hydrogen-bond acceptors (Lipinski definition) is 3. The van der Waals surface area contributed by atoms with E-state index in [1.165, 1.54) is 32.1 Å². The first-order valence-electron chi connectivity index (χ1n) is 9.80. The molecule has 2 aliphatic rings. The van der Waals surface area contributed by atoms with E-state index in [1.807, 2.05) is 23.6 Å². The summed E-state index contributed by atoms with van der Waals surface area (Å²) in [5, 5.41) is 0. The van der Waals surface area contributed by atoms with Gasteiger partial charge in [-0.05, 0) is 25.7 Å². The zero-order valence-electron chi connectivity index (χ0n) is 15.6. The summed E-state index contributed by atoms with van der Waals surface area (Å²) in [6, 6.07) is 0. The van der Waals surface area contributed by atoms with Crippen LogP contribution in [-0.4, -0.2) is 53.3 Å². The molecule has 138 valence electrons. The molecular weight excluding hydrogens is 302 g/mol. The van der Waals surface area contributed by atoms with Crippen molar-refractivity contribution in [2.75, 3.05) is 26.2 Å². The second-order valence-electron chi connectivity index (χ2n) is 7.88. The molecular formula is C19H35N3O2. The number of carbonyl (C=O) groups excluding carboxylic acids is 2. The first kappa shape index (κ1) is 19.2. The molecule has 0 aromatic rings. The van der Waals surface area contributed by atoms with E-state index in [0.717, 1.165) is 18.8 Å². The number of piperazine rings is 1. The van der Waals surface area contributed by atoms with Gasteiger partial charge in [0.25, 0.3) is 0 Å². The van der Waals surface area contributed by atoms with Gasteiger partial charge in [-0.2, -0.15) is 0 Å². The molecule has 24 heavy (non-hydrogen) atoms. The molecule has 0 spiro atoms. The maximum atomic E-state index is 12.5. The van der Waals surface area contributed by atoms with Crippen molar-refractivity contribution in [3.8, 4) is 0 Å². The normalized spacial score (nSPS) is 22.3. The van der Waals surface area contributed by atoms with Gasteiger partial charge in [-0.25, -0.2) is 0 Å². The standard InChI is InChI=1S/C19H35N3O2/c1-3-11-19(2,20)18(24)22-14-12-21(13-15-22)17(23)10-9-16-7-5-4-6-8-16/h16H,3-15,20H2,1-2H3. The molecule has 1 saturated heterocycles. The molecule has 2 amide bonds. The largest absolute Gasteiger partial charge is 0.339 e. The van der Waals surface area contributed by atoms with E-state index >= 15 is 0 Å². The Balaban J connectivity index is 1.73. The Morgan fingerprint density at radius 3 is 2.21 bits per heavy atom. The lowest BCUT2D eigenvalue weighted by molar-refractivity contribution is -0.143. The Hall–Kier alpha value is -1.10. The van der Waals surface area contributed by atoms with Crippen LogP contribution in [-0.2, 0) is 9.59 Å². The average molecular weight is 338 g/mol. The van der Waals surface area contributed by atoms with Gasteiger partial charge in [-0.1, -0.05) is 45.4 Å². The van der Waals surface area contributed by atoms with Gasteiger partial charge in [0.05, 0.1) is 5.54 Å². The molecule has 1 heterocycles. The highest BCUT2D eigenvalue weighted by Crippen LogP contribution is 2.27. The summed E-state index contributed by atoms with van der Waals surface area (Å²) in [4.78, 5) is 28.7. The van der Waals surface area contributed by atoms with E-state index in [9.17, 15) is 9.59 Å². The summed E-state index contributed by atoms with van der Waals surface area (Å²) in [6.07, 6.45) is 9.91. The van der Waals surface area contributed by atoms with Crippen LogP contribution in [0.25, 0.3) is 0 Å².